The molecular formula is C20H19O2P. The fourth-order valence-electron chi connectivity index (χ4n) is 2.96. The summed E-state index contributed by atoms with van der Waals surface area (Å²) in [5.74, 6) is 0.180. The van der Waals surface area contributed by atoms with Crippen molar-refractivity contribution < 1.29 is 9.67 Å². The monoisotopic (exact) mass is 322 g/mol. The van der Waals surface area contributed by atoms with Gasteiger partial charge in [0.15, 0.2) is 0 Å². The number of phenols is 1. The molecule has 0 aliphatic carbocycles. The first-order chi connectivity index (χ1) is 11.1. The Labute approximate surface area is 136 Å². The highest BCUT2D eigenvalue weighted by atomic mass is 31.2. The lowest BCUT2D eigenvalue weighted by molar-refractivity contribution is 0.468. The molecule has 1 N–H and O–H groups in total. The lowest BCUT2D eigenvalue weighted by Gasteiger charge is -2.26. The van der Waals surface area contributed by atoms with Crippen LogP contribution < -0.4 is 5.30 Å². The van der Waals surface area contributed by atoms with E-state index < -0.39 is 7.14 Å². The van der Waals surface area contributed by atoms with E-state index in [1.807, 2.05) is 72.8 Å². The van der Waals surface area contributed by atoms with Gasteiger partial charge in [-0.25, -0.2) is 0 Å². The fraction of sp³-hybridized carbons (Fsp3) is 0.100. The van der Waals surface area contributed by atoms with Crippen molar-refractivity contribution in [3.8, 4) is 5.75 Å². The van der Waals surface area contributed by atoms with E-state index in [1.54, 1.807) is 18.8 Å². The van der Waals surface area contributed by atoms with Gasteiger partial charge in [0.25, 0.3) is 0 Å². The second-order valence-corrected chi connectivity index (χ2v) is 8.71. The van der Waals surface area contributed by atoms with Crippen molar-refractivity contribution in [1.82, 2.24) is 0 Å². The molecule has 0 spiro atoms. The van der Waals surface area contributed by atoms with E-state index in [1.165, 1.54) is 0 Å². The number of phenolic OH excluding ortho intramolecular Hbond substituents is 1. The van der Waals surface area contributed by atoms with Gasteiger partial charge in [0.1, 0.15) is 12.9 Å². The Morgan fingerprint density at radius 3 is 1.91 bits per heavy atom. The Balaban J connectivity index is 2.21. The van der Waals surface area contributed by atoms with Crippen LogP contribution in [0.1, 0.15) is 16.8 Å². The Morgan fingerprint density at radius 1 is 0.783 bits per heavy atom. The maximum atomic E-state index is 13.8. The van der Waals surface area contributed by atoms with Gasteiger partial charge in [-0.2, -0.15) is 0 Å². The van der Waals surface area contributed by atoms with E-state index in [0.29, 0.717) is 5.56 Å². The SMILES string of the molecule is CP(=O)(c1ccccc1)C(c1ccccc1)c1ccccc1O. The third-order valence-corrected chi connectivity index (χ3v) is 6.99. The van der Waals surface area contributed by atoms with Crippen molar-refractivity contribution >= 4 is 12.4 Å². The summed E-state index contributed by atoms with van der Waals surface area (Å²) in [6.45, 7) is 1.80. The molecule has 0 heterocycles. The maximum absolute atomic E-state index is 13.8. The number of benzene rings is 3. The van der Waals surface area contributed by atoms with Gasteiger partial charge in [0.05, 0.1) is 5.66 Å². The van der Waals surface area contributed by atoms with Crippen LogP contribution in [0.4, 0.5) is 0 Å². The van der Waals surface area contributed by atoms with Gasteiger partial charge in [-0.05, 0) is 18.3 Å². The zero-order chi connectivity index (χ0) is 16.3. The summed E-state index contributed by atoms with van der Waals surface area (Å²) in [4.78, 5) is 0. The summed E-state index contributed by atoms with van der Waals surface area (Å²) in [6.07, 6.45) is 0. The molecule has 23 heavy (non-hydrogen) atoms. The summed E-state index contributed by atoms with van der Waals surface area (Å²) in [5.41, 5.74) is 1.28. The maximum Gasteiger partial charge on any atom is 0.124 e. The summed E-state index contributed by atoms with van der Waals surface area (Å²) >= 11 is 0. The van der Waals surface area contributed by atoms with Crippen LogP contribution in [0.3, 0.4) is 0 Å². The number of rotatable bonds is 4. The van der Waals surface area contributed by atoms with Gasteiger partial charge in [0.2, 0.25) is 0 Å². The molecule has 0 fully saturated rings. The smallest absolute Gasteiger partial charge is 0.124 e. The van der Waals surface area contributed by atoms with Crippen LogP contribution >= 0.6 is 7.14 Å². The summed E-state index contributed by atoms with van der Waals surface area (Å²) < 4.78 is 13.8. The number of hydrogen-bond acceptors (Lipinski definition) is 2. The lowest BCUT2D eigenvalue weighted by Crippen LogP contribution is -2.12. The topological polar surface area (TPSA) is 37.3 Å². The highest BCUT2D eigenvalue weighted by molar-refractivity contribution is 7.71. The standard InChI is InChI=1S/C20H19O2P/c1-23(22,17-12-6-3-7-13-17)20(16-10-4-2-5-11-16)18-14-8-9-15-19(18)21/h2-15,20-21H,1H3. The molecule has 0 radical (unpaired) electrons. The van der Waals surface area contributed by atoms with E-state index in [9.17, 15) is 9.67 Å². The Hall–Kier alpha value is -2.31. The minimum absolute atomic E-state index is 0.180. The van der Waals surface area contributed by atoms with Crippen LogP contribution in [0.5, 0.6) is 5.75 Å². The van der Waals surface area contributed by atoms with Crippen molar-refractivity contribution in [2.24, 2.45) is 0 Å². The average molecular weight is 322 g/mol. The highest BCUT2D eigenvalue weighted by Crippen LogP contribution is 2.59. The molecule has 2 atom stereocenters. The largest absolute Gasteiger partial charge is 0.508 e. The molecular weight excluding hydrogens is 303 g/mol. The van der Waals surface area contributed by atoms with Crippen molar-refractivity contribution in [3.05, 3.63) is 96.1 Å². The van der Waals surface area contributed by atoms with Gasteiger partial charge < -0.3 is 9.67 Å². The molecule has 0 amide bonds. The van der Waals surface area contributed by atoms with Crippen molar-refractivity contribution in [1.29, 1.82) is 0 Å². The van der Waals surface area contributed by atoms with Crippen LogP contribution in [0.2, 0.25) is 0 Å². The zero-order valence-corrected chi connectivity index (χ0v) is 13.9. The molecule has 3 aromatic rings. The molecule has 3 rings (SSSR count). The van der Waals surface area contributed by atoms with Crippen molar-refractivity contribution in [2.45, 2.75) is 5.66 Å². The van der Waals surface area contributed by atoms with Gasteiger partial charge >= 0.3 is 0 Å². The molecule has 0 saturated carbocycles. The van der Waals surface area contributed by atoms with E-state index in [4.69, 9.17) is 0 Å². The number of hydrogen-bond donors (Lipinski definition) is 1. The van der Waals surface area contributed by atoms with Crippen LogP contribution in [0, 0.1) is 0 Å². The number of aromatic hydroxyl groups is 1. The van der Waals surface area contributed by atoms with Gasteiger partial charge in [0, 0.05) is 10.9 Å². The Kier molecular flexibility index (Phi) is 4.36. The minimum atomic E-state index is -2.79. The summed E-state index contributed by atoms with van der Waals surface area (Å²) in [7, 11) is -2.79. The molecule has 3 aromatic carbocycles. The molecule has 0 aliphatic rings. The molecule has 0 aliphatic heterocycles. The first-order valence-electron chi connectivity index (χ1n) is 7.56. The highest BCUT2D eigenvalue weighted by Gasteiger charge is 2.34. The predicted molar refractivity (Wildman–Crippen MR) is 96.0 cm³/mol. The third-order valence-electron chi connectivity index (χ3n) is 4.11. The van der Waals surface area contributed by atoms with E-state index >= 15 is 0 Å². The predicted octanol–water partition coefficient (Wildman–Crippen LogP) is 4.80. The third kappa shape index (κ3) is 3.09. The fourth-order valence-corrected chi connectivity index (χ4v) is 5.51. The van der Waals surface area contributed by atoms with Gasteiger partial charge in [-0.15, -0.1) is 0 Å². The van der Waals surface area contributed by atoms with E-state index in [2.05, 4.69) is 0 Å². The van der Waals surface area contributed by atoms with Crippen LogP contribution in [0.15, 0.2) is 84.9 Å². The quantitative estimate of drug-likeness (QED) is 0.701. The van der Waals surface area contributed by atoms with Gasteiger partial charge in [-0.1, -0.05) is 78.9 Å². The van der Waals surface area contributed by atoms with E-state index in [0.717, 1.165) is 10.9 Å². The summed E-state index contributed by atoms with van der Waals surface area (Å²) in [5, 5.41) is 11.1. The first kappa shape index (κ1) is 15.6. The molecule has 2 unspecified atom stereocenters. The molecule has 3 heteroatoms. The van der Waals surface area contributed by atoms with Crippen LogP contribution in [-0.2, 0) is 4.57 Å². The molecule has 116 valence electrons. The normalized spacial score (nSPS) is 14.8. The molecule has 2 nitrogen and oxygen atoms in total. The Bertz CT molecular complexity index is 829. The lowest BCUT2D eigenvalue weighted by atomic mass is 10.0. The summed E-state index contributed by atoms with van der Waals surface area (Å²) in [6, 6.07) is 26.4. The van der Waals surface area contributed by atoms with Crippen molar-refractivity contribution in [2.75, 3.05) is 6.66 Å². The van der Waals surface area contributed by atoms with Crippen LogP contribution in [-0.4, -0.2) is 11.8 Å². The second-order valence-electron chi connectivity index (χ2n) is 5.70. The molecule has 0 bridgehead atoms. The number of para-hydroxylation sites is 1. The second kappa shape index (κ2) is 6.44. The molecule has 0 aromatic heterocycles. The minimum Gasteiger partial charge on any atom is -0.508 e. The molecule has 0 saturated heterocycles. The average Bonchev–Trinajstić information content (AvgIpc) is 2.58. The first-order valence-corrected chi connectivity index (χ1v) is 9.78. The van der Waals surface area contributed by atoms with Gasteiger partial charge in [-0.3, -0.25) is 0 Å². The van der Waals surface area contributed by atoms with E-state index in [-0.39, 0.29) is 11.4 Å². The zero-order valence-electron chi connectivity index (χ0n) is 13.0. The van der Waals surface area contributed by atoms with Crippen molar-refractivity contribution in [3.63, 3.8) is 0 Å². The Morgan fingerprint density at radius 2 is 1.30 bits per heavy atom. The van der Waals surface area contributed by atoms with Crippen LogP contribution in [0.25, 0.3) is 0 Å².